The van der Waals surface area contributed by atoms with Crippen molar-refractivity contribution in [1.82, 2.24) is 19.6 Å². The van der Waals surface area contributed by atoms with E-state index in [-0.39, 0.29) is 0 Å². The van der Waals surface area contributed by atoms with Crippen LogP contribution < -0.4 is 0 Å². The second-order valence-corrected chi connectivity index (χ2v) is 9.01. The topological polar surface area (TPSA) is 35.6 Å². The number of hydrogen-bond donors (Lipinski definition) is 0. The molecule has 0 spiro atoms. The largest absolute Gasteiger partial charge is 0.268 e. The van der Waals surface area contributed by atoms with E-state index in [9.17, 15) is 0 Å². The smallest absolute Gasteiger partial charge is 0.131 e. The summed E-state index contributed by atoms with van der Waals surface area (Å²) < 4.78 is 4.96. The lowest BCUT2D eigenvalue weighted by Gasteiger charge is -2.04. The van der Waals surface area contributed by atoms with E-state index < -0.39 is 0 Å². The van der Waals surface area contributed by atoms with Gasteiger partial charge in [0.25, 0.3) is 0 Å². The number of rotatable bonds is 2. The molecule has 0 aliphatic rings. The molecule has 0 aliphatic carbocycles. The third-order valence-corrected chi connectivity index (χ3v) is 6.02. The van der Waals surface area contributed by atoms with Gasteiger partial charge in [0.15, 0.2) is 0 Å². The summed E-state index contributed by atoms with van der Waals surface area (Å²) in [6, 6.07) is 13.2. The van der Waals surface area contributed by atoms with E-state index in [4.69, 9.17) is 0 Å². The second kappa shape index (κ2) is 8.23. The van der Waals surface area contributed by atoms with E-state index in [0.29, 0.717) is 11.8 Å². The number of fused-ring (bicyclic) bond motifs is 2. The van der Waals surface area contributed by atoms with Crippen molar-refractivity contribution in [2.24, 2.45) is 14.1 Å². The summed E-state index contributed by atoms with van der Waals surface area (Å²) in [5, 5.41) is 11.3. The van der Waals surface area contributed by atoms with E-state index in [2.05, 4.69) is 104 Å². The predicted molar refractivity (Wildman–Crippen MR) is 127 cm³/mol. The fourth-order valence-electron chi connectivity index (χ4n) is 3.42. The van der Waals surface area contributed by atoms with Crippen LogP contribution in [0.3, 0.4) is 0 Å². The van der Waals surface area contributed by atoms with Gasteiger partial charge in [0.1, 0.15) is 3.70 Å². The van der Waals surface area contributed by atoms with Gasteiger partial charge in [0.2, 0.25) is 0 Å². The molecular weight excluding hydrogens is 459 g/mol. The van der Waals surface area contributed by atoms with Gasteiger partial charge >= 0.3 is 0 Å². The minimum absolute atomic E-state index is 0.579. The molecule has 4 nitrogen and oxygen atoms in total. The molecule has 0 amide bonds. The van der Waals surface area contributed by atoms with Crippen molar-refractivity contribution in [3.8, 4) is 0 Å². The summed E-state index contributed by atoms with van der Waals surface area (Å²) in [5.41, 5.74) is 6.30. The van der Waals surface area contributed by atoms with E-state index in [1.54, 1.807) is 0 Å². The Morgan fingerprint density at radius 1 is 0.750 bits per heavy atom. The molecule has 4 aromatic rings. The average molecular weight is 488 g/mol. The Morgan fingerprint density at radius 2 is 1.21 bits per heavy atom. The van der Waals surface area contributed by atoms with Crippen LogP contribution in [-0.4, -0.2) is 19.6 Å². The van der Waals surface area contributed by atoms with Crippen molar-refractivity contribution in [3.63, 3.8) is 0 Å². The van der Waals surface area contributed by atoms with Crippen molar-refractivity contribution >= 4 is 44.4 Å². The Bertz CT molecular complexity index is 1030. The molecular formula is C23H29IN4. The molecule has 0 aliphatic heterocycles. The maximum absolute atomic E-state index is 4.41. The van der Waals surface area contributed by atoms with Gasteiger partial charge in [-0.3, -0.25) is 9.36 Å². The molecule has 0 atom stereocenters. The van der Waals surface area contributed by atoms with Crippen LogP contribution in [0.4, 0.5) is 0 Å². The molecule has 0 N–H and O–H groups in total. The highest BCUT2D eigenvalue weighted by molar-refractivity contribution is 14.1. The monoisotopic (exact) mass is 488 g/mol. The highest BCUT2D eigenvalue weighted by Crippen LogP contribution is 2.25. The Balaban J connectivity index is 0.000000161. The third kappa shape index (κ3) is 4.09. The van der Waals surface area contributed by atoms with E-state index in [1.165, 1.54) is 32.9 Å². The summed E-state index contributed by atoms with van der Waals surface area (Å²) in [5.74, 6) is 1.16. The van der Waals surface area contributed by atoms with Gasteiger partial charge in [-0.05, 0) is 76.7 Å². The lowest BCUT2D eigenvalue weighted by atomic mass is 10.0. The first-order valence-electron chi connectivity index (χ1n) is 9.74. The summed E-state index contributed by atoms with van der Waals surface area (Å²) in [4.78, 5) is 0. The van der Waals surface area contributed by atoms with Crippen LogP contribution in [0.15, 0.2) is 36.4 Å². The number of aromatic nitrogens is 4. The van der Waals surface area contributed by atoms with Crippen molar-refractivity contribution in [2.45, 2.75) is 46.5 Å². The molecule has 28 heavy (non-hydrogen) atoms. The predicted octanol–water partition coefficient (Wildman–Crippen LogP) is 6.31. The molecule has 0 radical (unpaired) electrons. The summed E-state index contributed by atoms with van der Waals surface area (Å²) in [7, 11) is 3.98. The fourth-order valence-corrected chi connectivity index (χ4v) is 4.17. The van der Waals surface area contributed by atoms with Crippen molar-refractivity contribution in [2.75, 3.05) is 0 Å². The number of hydrogen-bond acceptors (Lipinski definition) is 2. The molecule has 2 aromatic heterocycles. The molecule has 4 rings (SSSR count). The van der Waals surface area contributed by atoms with Gasteiger partial charge in [-0.25, -0.2) is 0 Å². The first kappa shape index (κ1) is 20.8. The maximum atomic E-state index is 4.41. The molecule has 0 saturated carbocycles. The van der Waals surface area contributed by atoms with Gasteiger partial charge in [0, 0.05) is 24.9 Å². The van der Waals surface area contributed by atoms with Crippen LogP contribution in [0, 0.1) is 10.6 Å². The zero-order chi connectivity index (χ0) is 20.6. The molecule has 0 fully saturated rings. The lowest BCUT2D eigenvalue weighted by Crippen LogP contribution is -1.90. The van der Waals surface area contributed by atoms with E-state index >= 15 is 0 Å². The van der Waals surface area contributed by atoms with Crippen molar-refractivity contribution in [3.05, 3.63) is 56.9 Å². The molecule has 5 heteroatoms. The van der Waals surface area contributed by atoms with Gasteiger partial charge in [-0.1, -0.05) is 39.8 Å². The number of benzene rings is 2. The zero-order valence-corrected chi connectivity index (χ0v) is 19.9. The molecule has 2 aromatic carbocycles. The SMILES string of the molecule is CC(C)c1ccc2c(c1)c(I)nn2C.Cc1nn(C)c2ccc(C(C)C)cc12. The maximum Gasteiger partial charge on any atom is 0.131 e. The minimum atomic E-state index is 0.579. The fraction of sp³-hybridized carbons (Fsp3) is 0.391. The van der Waals surface area contributed by atoms with E-state index in [0.717, 1.165) is 9.39 Å². The van der Waals surface area contributed by atoms with E-state index in [1.807, 2.05) is 23.5 Å². The molecule has 148 valence electrons. The highest BCUT2D eigenvalue weighted by Gasteiger charge is 2.08. The zero-order valence-electron chi connectivity index (χ0n) is 17.8. The second-order valence-electron chi connectivity index (χ2n) is 7.99. The number of aryl methyl sites for hydroxylation is 3. The first-order valence-corrected chi connectivity index (χ1v) is 10.8. The van der Waals surface area contributed by atoms with Crippen LogP contribution >= 0.6 is 22.6 Å². The first-order chi connectivity index (χ1) is 13.2. The normalized spacial score (nSPS) is 11.5. The Morgan fingerprint density at radius 3 is 1.75 bits per heavy atom. The Hall–Kier alpha value is -1.89. The molecule has 0 unspecified atom stereocenters. The molecule has 2 heterocycles. The standard InChI is InChI=1S/C12H16N2.C11H13IN2/c1-8(2)10-5-6-12-11(7-10)9(3)13-14(12)4;1-7(2)8-4-5-10-9(6-8)11(12)13-14(10)3/h5-8H,1-4H3;4-7H,1-3H3. The van der Waals surface area contributed by atoms with Crippen LogP contribution in [0.2, 0.25) is 0 Å². The summed E-state index contributed by atoms with van der Waals surface area (Å²) in [6.07, 6.45) is 0. The molecule has 0 bridgehead atoms. The number of halogens is 1. The van der Waals surface area contributed by atoms with Crippen LogP contribution in [-0.2, 0) is 14.1 Å². The third-order valence-electron chi connectivity index (χ3n) is 5.22. The quantitative estimate of drug-likeness (QED) is 0.310. The van der Waals surface area contributed by atoms with Crippen LogP contribution in [0.1, 0.15) is 56.4 Å². The van der Waals surface area contributed by atoms with Gasteiger partial charge < -0.3 is 0 Å². The van der Waals surface area contributed by atoms with Gasteiger partial charge in [-0.2, -0.15) is 10.2 Å². The minimum Gasteiger partial charge on any atom is -0.268 e. The van der Waals surface area contributed by atoms with Crippen LogP contribution in [0.25, 0.3) is 21.8 Å². The lowest BCUT2D eigenvalue weighted by molar-refractivity contribution is 0.783. The average Bonchev–Trinajstić information content (AvgIpc) is 3.10. The van der Waals surface area contributed by atoms with Crippen molar-refractivity contribution < 1.29 is 0 Å². The molecule has 0 saturated heterocycles. The van der Waals surface area contributed by atoms with Crippen molar-refractivity contribution in [1.29, 1.82) is 0 Å². The highest BCUT2D eigenvalue weighted by atomic mass is 127. The Labute approximate surface area is 181 Å². The summed E-state index contributed by atoms with van der Waals surface area (Å²) in [6.45, 7) is 10.9. The number of nitrogens with zero attached hydrogens (tertiary/aromatic N) is 4. The van der Waals surface area contributed by atoms with Gasteiger partial charge in [-0.15, -0.1) is 0 Å². The van der Waals surface area contributed by atoms with Gasteiger partial charge in [0.05, 0.1) is 16.7 Å². The summed E-state index contributed by atoms with van der Waals surface area (Å²) >= 11 is 2.29. The Kier molecular flexibility index (Phi) is 6.12. The van der Waals surface area contributed by atoms with Crippen LogP contribution in [0.5, 0.6) is 0 Å².